The highest BCUT2D eigenvalue weighted by Crippen LogP contribution is 2.28. The van der Waals surface area contributed by atoms with Crippen molar-refractivity contribution in [1.82, 2.24) is 31.0 Å². The van der Waals surface area contributed by atoms with Crippen molar-refractivity contribution in [2.24, 2.45) is 5.92 Å². The fourth-order valence-electron chi connectivity index (χ4n) is 7.85. The van der Waals surface area contributed by atoms with Gasteiger partial charge in [-0.1, -0.05) is 11.6 Å². The third-order valence-corrected chi connectivity index (χ3v) is 11.4. The lowest BCUT2D eigenvalue weighted by Crippen LogP contribution is -2.52. The Balaban J connectivity index is 0.789. The van der Waals surface area contributed by atoms with E-state index in [1.165, 1.54) is 0 Å². The number of aromatic nitrogens is 2. The lowest BCUT2D eigenvalue weighted by atomic mass is 9.93. The van der Waals surface area contributed by atoms with Crippen molar-refractivity contribution in [3.05, 3.63) is 76.4 Å². The summed E-state index contributed by atoms with van der Waals surface area (Å²) in [6.45, 7) is 6.60. The molecule has 55 heavy (non-hydrogen) atoms. The molecule has 4 heterocycles. The second-order valence-corrected chi connectivity index (χ2v) is 15.2. The number of piperidine rings is 2. The smallest absolute Gasteiger partial charge is 0.272 e. The summed E-state index contributed by atoms with van der Waals surface area (Å²) >= 11 is 6.14. The minimum Gasteiger partial charge on any atom is -0.490 e. The van der Waals surface area contributed by atoms with E-state index < -0.39 is 11.9 Å². The van der Waals surface area contributed by atoms with Crippen LogP contribution in [0.5, 0.6) is 5.75 Å². The molecule has 3 saturated heterocycles. The number of piperazine rings is 1. The average Bonchev–Trinajstić information content (AvgIpc) is 3.20. The van der Waals surface area contributed by atoms with Gasteiger partial charge in [-0.25, -0.2) is 0 Å². The van der Waals surface area contributed by atoms with Crippen molar-refractivity contribution in [3.63, 3.8) is 0 Å². The summed E-state index contributed by atoms with van der Waals surface area (Å²) in [5, 5.41) is 26.3. The number of imide groups is 1. The maximum atomic E-state index is 13.0. The predicted molar refractivity (Wildman–Crippen MR) is 206 cm³/mol. The molecule has 15 heteroatoms. The maximum Gasteiger partial charge on any atom is 0.272 e. The van der Waals surface area contributed by atoms with Crippen LogP contribution in [0.15, 0.2) is 54.6 Å². The van der Waals surface area contributed by atoms with Gasteiger partial charge in [0, 0.05) is 75.6 Å². The highest BCUT2D eigenvalue weighted by Gasteiger charge is 2.29. The standard InChI is InChI=1S/C40H46ClN9O5/c41-33-23-32(8-3-28(33)24-42)55-31-9-4-29(5-10-31)43-40(54)35-11-13-36(47-46-35)50-17-15-26(16-18-50)25-48-19-21-49(22-20-48)30-6-1-27(2-7-30)38(52)44-34-12-14-37(51)45-39(34)53/h1-3,6-8,11,13,23,26,29,31,34H,4-5,9-10,12,14-22,25H2,(H,43,54)(H,44,52)(H,45,51,53)/t29-,31-,34?. The number of hydrogen-bond donors (Lipinski definition) is 3. The van der Waals surface area contributed by atoms with Crippen molar-refractivity contribution in [3.8, 4) is 11.8 Å². The van der Waals surface area contributed by atoms with Crippen LogP contribution in [0.2, 0.25) is 5.02 Å². The van der Waals surface area contributed by atoms with Gasteiger partial charge in [0.2, 0.25) is 11.8 Å². The van der Waals surface area contributed by atoms with Gasteiger partial charge in [-0.3, -0.25) is 29.4 Å². The number of benzene rings is 2. The predicted octanol–water partition coefficient (Wildman–Crippen LogP) is 3.70. The number of halogens is 1. The summed E-state index contributed by atoms with van der Waals surface area (Å²) in [4.78, 5) is 56.2. The van der Waals surface area contributed by atoms with Crippen LogP contribution in [-0.2, 0) is 9.59 Å². The van der Waals surface area contributed by atoms with E-state index in [4.69, 9.17) is 21.6 Å². The van der Waals surface area contributed by atoms with Gasteiger partial charge in [-0.2, -0.15) is 5.26 Å². The molecule has 288 valence electrons. The number of nitrogens with zero attached hydrogens (tertiary/aromatic N) is 6. The third kappa shape index (κ3) is 9.71. The van der Waals surface area contributed by atoms with E-state index in [-0.39, 0.29) is 36.3 Å². The average molecular weight is 768 g/mol. The first-order valence-electron chi connectivity index (χ1n) is 19.2. The van der Waals surface area contributed by atoms with Gasteiger partial charge in [0.15, 0.2) is 11.5 Å². The molecule has 4 amide bonds. The summed E-state index contributed by atoms with van der Waals surface area (Å²) < 4.78 is 6.08. The van der Waals surface area contributed by atoms with E-state index in [1.54, 1.807) is 36.4 Å². The molecule has 3 N–H and O–H groups in total. The third-order valence-electron chi connectivity index (χ3n) is 11.1. The Morgan fingerprint density at radius 3 is 2.24 bits per heavy atom. The monoisotopic (exact) mass is 767 g/mol. The molecule has 1 atom stereocenters. The fourth-order valence-corrected chi connectivity index (χ4v) is 8.06. The molecule has 0 spiro atoms. The van der Waals surface area contributed by atoms with Gasteiger partial charge in [0.05, 0.1) is 16.7 Å². The van der Waals surface area contributed by atoms with Crippen molar-refractivity contribution in [2.75, 3.05) is 55.6 Å². The first-order valence-corrected chi connectivity index (χ1v) is 19.6. The van der Waals surface area contributed by atoms with Crippen LogP contribution in [0, 0.1) is 17.2 Å². The molecule has 3 aromatic rings. The van der Waals surface area contributed by atoms with Gasteiger partial charge >= 0.3 is 0 Å². The number of anilines is 2. The number of amides is 4. The maximum absolute atomic E-state index is 13.0. The highest BCUT2D eigenvalue weighted by atomic mass is 35.5. The second kappa shape index (κ2) is 17.5. The van der Waals surface area contributed by atoms with Gasteiger partial charge in [-0.05, 0) is 99.4 Å². The van der Waals surface area contributed by atoms with Gasteiger partial charge in [-0.15, -0.1) is 10.2 Å². The molecule has 1 aliphatic carbocycles. The van der Waals surface area contributed by atoms with E-state index in [0.29, 0.717) is 39.9 Å². The lowest BCUT2D eigenvalue weighted by Gasteiger charge is -2.39. The van der Waals surface area contributed by atoms with Crippen LogP contribution in [0.1, 0.15) is 77.8 Å². The van der Waals surface area contributed by atoms with Gasteiger partial charge in [0.25, 0.3) is 11.8 Å². The quantitative estimate of drug-likeness (QED) is 0.257. The van der Waals surface area contributed by atoms with E-state index in [0.717, 1.165) is 95.8 Å². The molecule has 0 radical (unpaired) electrons. The van der Waals surface area contributed by atoms with Crippen LogP contribution in [0.3, 0.4) is 0 Å². The molecular formula is C40H46ClN9O5. The van der Waals surface area contributed by atoms with Crippen molar-refractivity contribution in [2.45, 2.75) is 69.6 Å². The van der Waals surface area contributed by atoms with Crippen LogP contribution < -0.4 is 30.5 Å². The molecule has 4 fully saturated rings. The largest absolute Gasteiger partial charge is 0.490 e. The molecule has 2 aromatic carbocycles. The summed E-state index contributed by atoms with van der Waals surface area (Å²) in [7, 11) is 0. The molecule has 0 bridgehead atoms. The van der Waals surface area contributed by atoms with E-state index in [9.17, 15) is 19.2 Å². The van der Waals surface area contributed by atoms with Crippen LogP contribution in [-0.4, -0.2) is 103 Å². The normalized spacial score (nSPS) is 22.4. The lowest BCUT2D eigenvalue weighted by molar-refractivity contribution is -0.134. The molecule has 3 aliphatic heterocycles. The fraction of sp³-hybridized carbons (Fsp3) is 0.475. The van der Waals surface area contributed by atoms with Crippen molar-refractivity contribution in [1.29, 1.82) is 5.26 Å². The molecule has 7 rings (SSSR count). The Morgan fingerprint density at radius 1 is 0.836 bits per heavy atom. The topological polar surface area (TPSA) is 173 Å². The van der Waals surface area contributed by atoms with Crippen molar-refractivity contribution < 1.29 is 23.9 Å². The number of nitrogens with one attached hydrogen (secondary N) is 3. The number of carbonyl (C=O) groups excluding carboxylic acids is 4. The SMILES string of the molecule is N#Cc1ccc(O[C@H]2CC[C@H](NC(=O)c3ccc(N4CCC(CN5CCN(c6ccc(C(=O)NC7CCC(=O)NC7=O)cc6)CC5)CC4)nn3)CC2)cc1Cl. The first kappa shape index (κ1) is 38.0. The zero-order valence-corrected chi connectivity index (χ0v) is 31.5. The molecule has 1 saturated carbocycles. The van der Waals surface area contributed by atoms with Gasteiger partial charge < -0.3 is 25.2 Å². The number of ether oxygens (including phenoxy) is 1. The minimum atomic E-state index is -0.695. The Labute approximate surface area is 325 Å². The van der Waals surface area contributed by atoms with Crippen LogP contribution in [0.4, 0.5) is 11.5 Å². The molecule has 1 aromatic heterocycles. The van der Waals surface area contributed by atoms with E-state index in [2.05, 4.69) is 46.9 Å². The Kier molecular flexibility index (Phi) is 12.1. The van der Waals surface area contributed by atoms with Crippen molar-refractivity contribution >= 4 is 46.7 Å². The van der Waals surface area contributed by atoms with E-state index >= 15 is 0 Å². The number of nitriles is 1. The first-order chi connectivity index (χ1) is 26.7. The molecular weight excluding hydrogens is 722 g/mol. The molecule has 4 aliphatic rings. The van der Waals surface area contributed by atoms with E-state index in [1.807, 2.05) is 18.2 Å². The van der Waals surface area contributed by atoms with Crippen LogP contribution >= 0.6 is 11.6 Å². The summed E-state index contributed by atoms with van der Waals surface area (Å²) in [5.41, 5.74) is 2.28. The number of hydrogen-bond acceptors (Lipinski definition) is 11. The van der Waals surface area contributed by atoms with Gasteiger partial charge in [0.1, 0.15) is 17.9 Å². The minimum absolute atomic E-state index is 0.0286. The summed E-state index contributed by atoms with van der Waals surface area (Å²) in [6.07, 6.45) is 5.88. The summed E-state index contributed by atoms with van der Waals surface area (Å²) in [5.74, 6) is 0.736. The Hall–Kier alpha value is -5.26. The molecule has 14 nitrogen and oxygen atoms in total. The second-order valence-electron chi connectivity index (χ2n) is 14.8. The zero-order chi connectivity index (χ0) is 38.3. The number of rotatable bonds is 10. The number of carbonyl (C=O) groups is 4. The Bertz CT molecular complexity index is 1900. The summed E-state index contributed by atoms with van der Waals surface area (Å²) in [6, 6.07) is 17.6. The Morgan fingerprint density at radius 2 is 1.58 bits per heavy atom. The zero-order valence-electron chi connectivity index (χ0n) is 30.7. The molecule has 1 unspecified atom stereocenters. The highest BCUT2D eigenvalue weighted by molar-refractivity contribution is 6.31. The van der Waals surface area contributed by atoms with Crippen LogP contribution in [0.25, 0.3) is 0 Å².